The zero-order valence-corrected chi connectivity index (χ0v) is 13.0. The lowest BCUT2D eigenvalue weighted by atomic mass is 10.2. The van der Waals surface area contributed by atoms with E-state index in [2.05, 4.69) is 0 Å². The third-order valence-corrected chi connectivity index (χ3v) is 4.87. The molecule has 0 saturated carbocycles. The summed E-state index contributed by atoms with van der Waals surface area (Å²) >= 11 is 0. The fourth-order valence-electron chi connectivity index (χ4n) is 1.77. The number of hydrogen-bond acceptors (Lipinski definition) is 4. The van der Waals surface area contributed by atoms with Crippen molar-refractivity contribution in [3.63, 3.8) is 0 Å². The van der Waals surface area contributed by atoms with Gasteiger partial charge in [0.25, 0.3) is 0 Å². The third-order valence-electron chi connectivity index (χ3n) is 3.00. The summed E-state index contributed by atoms with van der Waals surface area (Å²) < 4.78 is 39.6. The summed E-state index contributed by atoms with van der Waals surface area (Å²) in [6.07, 6.45) is 0.681. The molecule has 114 valence electrons. The van der Waals surface area contributed by atoms with Crippen LogP contribution in [0.2, 0.25) is 0 Å². The number of nitrogens with zero attached hydrogens (tertiary/aromatic N) is 2. The van der Waals surface area contributed by atoms with Crippen LogP contribution in [0.3, 0.4) is 0 Å². The predicted molar refractivity (Wildman–Crippen MR) is 77.3 cm³/mol. The van der Waals surface area contributed by atoms with E-state index < -0.39 is 15.8 Å². The van der Waals surface area contributed by atoms with Gasteiger partial charge < -0.3 is 10.6 Å². The van der Waals surface area contributed by atoms with Crippen LogP contribution in [-0.2, 0) is 16.6 Å². The minimum absolute atomic E-state index is 0.174. The van der Waals surface area contributed by atoms with Crippen LogP contribution in [0, 0.1) is 5.82 Å². The highest BCUT2D eigenvalue weighted by molar-refractivity contribution is 7.89. The Morgan fingerprint density at radius 2 is 1.85 bits per heavy atom. The second kappa shape index (κ2) is 7.12. The number of hydrogen-bond donors (Lipinski definition) is 1. The fourth-order valence-corrected chi connectivity index (χ4v) is 3.09. The third kappa shape index (κ3) is 4.24. The van der Waals surface area contributed by atoms with E-state index in [4.69, 9.17) is 5.73 Å². The van der Waals surface area contributed by atoms with Crippen molar-refractivity contribution >= 4 is 10.0 Å². The van der Waals surface area contributed by atoms with Gasteiger partial charge in [-0.05, 0) is 44.8 Å². The highest BCUT2D eigenvalue weighted by atomic mass is 32.2. The summed E-state index contributed by atoms with van der Waals surface area (Å²) in [5.41, 5.74) is 6.05. The highest BCUT2D eigenvalue weighted by Gasteiger charge is 2.24. The summed E-state index contributed by atoms with van der Waals surface area (Å²) in [4.78, 5) is 1.66. The molecule has 0 aliphatic heterocycles. The van der Waals surface area contributed by atoms with Gasteiger partial charge in [0, 0.05) is 20.1 Å². The van der Waals surface area contributed by atoms with Gasteiger partial charge in [0.2, 0.25) is 10.0 Å². The summed E-state index contributed by atoms with van der Waals surface area (Å²) in [6, 6.07) is 3.93. The molecule has 1 aromatic carbocycles. The average molecular weight is 303 g/mol. The van der Waals surface area contributed by atoms with Crippen molar-refractivity contribution in [2.24, 2.45) is 5.73 Å². The van der Waals surface area contributed by atoms with Crippen LogP contribution in [0.4, 0.5) is 4.39 Å². The van der Waals surface area contributed by atoms with Crippen LogP contribution < -0.4 is 5.73 Å². The Kier molecular flexibility index (Phi) is 6.07. The number of benzene rings is 1. The summed E-state index contributed by atoms with van der Waals surface area (Å²) in [7, 11) is 1.47. The first-order chi connectivity index (χ1) is 9.28. The summed E-state index contributed by atoms with van der Waals surface area (Å²) in [6.45, 7) is 1.28. The SMILES string of the molecule is CN(C)CCCN(C)S(=O)(=O)c1cc(CN)ccc1F. The van der Waals surface area contributed by atoms with Crippen molar-refractivity contribution < 1.29 is 12.8 Å². The first-order valence-electron chi connectivity index (χ1n) is 6.38. The standard InChI is InChI=1S/C13H22FN3O2S/c1-16(2)7-4-8-17(3)20(18,19)13-9-11(10-15)5-6-12(13)14/h5-6,9H,4,7-8,10,15H2,1-3H3. The van der Waals surface area contributed by atoms with E-state index in [1.807, 2.05) is 19.0 Å². The van der Waals surface area contributed by atoms with Gasteiger partial charge in [-0.25, -0.2) is 17.1 Å². The zero-order chi connectivity index (χ0) is 15.3. The molecule has 0 aromatic heterocycles. The average Bonchev–Trinajstić information content (AvgIpc) is 2.38. The molecule has 1 aromatic rings. The zero-order valence-electron chi connectivity index (χ0n) is 12.1. The lowest BCUT2D eigenvalue weighted by molar-refractivity contribution is 0.369. The van der Waals surface area contributed by atoms with Crippen molar-refractivity contribution in [2.75, 3.05) is 34.2 Å². The van der Waals surface area contributed by atoms with Crippen molar-refractivity contribution in [2.45, 2.75) is 17.9 Å². The number of halogens is 1. The number of nitrogens with two attached hydrogens (primary N) is 1. The first-order valence-corrected chi connectivity index (χ1v) is 7.82. The fraction of sp³-hybridized carbons (Fsp3) is 0.538. The molecule has 7 heteroatoms. The molecule has 5 nitrogen and oxygen atoms in total. The van der Waals surface area contributed by atoms with E-state index in [1.54, 1.807) is 0 Å². The second-order valence-corrected chi connectivity index (χ2v) is 6.97. The molecule has 0 unspecified atom stereocenters. The molecule has 0 amide bonds. The van der Waals surface area contributed by atoms with Crippen molar-refractivity contribution in [1.29, 1.82) is 0 Å². The second-order valence-electron chi connectivity index (χ2n) is 4.95. The molecule has 0 bridgehead atoms. The normalized spacial score (nSPS) is 12.3. The Morgan fingerprint density at radius 1 is 1.20 bits per heavy atom. The lowest BCUT2D eigenvalue weighted by Gasteiger charge is -2.19. The minimum Gasteiger partial charge on any atom is -0.326 e. The van der Waals surface area contributed by atoms with E-state index in [0.29, 0.717) is 18.5 Å². The number of sulfonamides is 1. The van der Waals surface area contributed by atoms with Gasteiger partial charge in [-0.3, -0.25) is 0 Å². The molecular weight excluding hydrogens is 281 g/mol. The first kappa shape index (κ1) is 17.0. The maximum atomic E-state index is 13.8. The molecule has 2 N–H and O–H groups in total. The molecule has 0 radical (unpaired) electrons. The molecule has 0 aliphatic carbocycles. The molecule has 0 saturated heterocycles. The predicted octanol–water partition coefficient (Wildman–Crippen LogP) is 0.857. The van der Waals surface area contributed by atoms with Crippen LogP contribution >= 0.6 is 0 Å². The Labute approximate surface area is 120 Å². The van der Waals surface area contributed by atoms with Gasteiger partial charge in [0.1, 0.15) is 10.7 Å². The largest absolute Gasteiger partial charge is 0.326 e. The van der Waals surface area contributed by atoms with Crippen LogP contribution in [0.5, 0.6) is 0 Å². The lowest BCUT2D eigenvalue weighted by Crippen LogP contribution is -2.30. The minimum atomic E-state index is -3.82. The molecule has 20 heavy (non-hydrogen) atoms. The molecule has 0 atom stereocenters. The van der Waals surface area contributed by atoms with E-state index in [9.17, 15) is 12.8 Å². The van der Waals surface area contributed by atoms with E-state index in [1.165, 1.54) is 23.5 Å². The van der Waals surface area contributed by atoms with Crippen LogP contribution in [-0.4, -0.2) is 51.9 Å². The Morgan fingerprint density at radius 3 is 2.40 bits per heavy atom. The summed E-state index contributed by atoms with van der Waals surface area (Å²) in [5, 5.41) is 0. The van der Waals surface area contributed by atoms with E-state index in [-0.39, 0.29) is 11.4 Å². The molecule has 0 spiro atoms. The van der Waals surface area contributed by atoms with Crippen molar-refractivity contribution in [3.05, 3.63) is 29.6 Å². The van der Waals surface area contributed by atoms with E-state index in [0.717, 1.165) is 12.6 Å². The molecule has 1 rings (SSSR count). The maximum Gasteiger partial charge on any atom is 0.245 e. The summed E-state index contributed by atoms with van der Waals surface area (Å²) in [5.74, 6) is -0.748. The van der Waals surface area contributed by atoms with Gasteiger partial charge >= 0.3 is 0 Å². The molecule has 0 fully saturated rings. The van der Waals surface area contributed by atoms with E-state index >= 15 is 0 Å². The Bertz CT molecular complexity index is 547. The Hall–Kier alpha value is -1.02. The molecular formula is C13H22FN3O2S. The monoisotopic (exact) mass is 303 g/mol. The Balaban J connectivity index is 2.92. The maximum absolute atomic E-state index is 13.8. The number of rotatable bonds is 7. The van der Waals surface area contributed by atoms with Gasteiger partial charge in [-0.15, -0.1) is 0 Å². The van der Waals surface area contributed by atoms with Gasteiger partial charge in [0.15, 0.2) is 0 Å². The van der Waals surface area contributed by atoms with Crippen molar-refractivity contribution in [3.8, 4) is 0 Å². The molecule has 0 aliphatic rings. The van der Waals surface area contributed by atoms with Crippen molar-refractivity contribution in [1.82, 2.24) is 9.21 Å². The van der Waals surface area contributed by atoms with Gasteiger partial charge in [0.05, 0.1) is 0 Å². The molecule has 0 heterocycles. The van der Waals surface area contributed by atoms with Gasteiger partial charge in [-0.1, -0.05) is 6.07 Å². The topological polar surface area (TPSA) is 66.6 Å². The smallest absolute Gasteiger partial charge is 0.245 e. The van der Waals surface area contributed by atoms with Crippen LogP contribution in [0.15, 0.2) is 23.1 Å². The highest BCUT2D eigenvalue weighted by Crippen LogP contribution is 2.20. The van der Waals surface area contributed by atoms with Gasteiger partial charge in [-0.2, -0.15) is 0 Å². The van der Waals surface area contributed by atoms with Crippen LogP contribution in [0.25, 0.3) is 0 Å². The van der Waals surface area contributed by atoms with Crippen LogP contribution in [0.1, 0.15) is 12.0 Å². The quantitative estimate of drug-likeness (QED) is 0.811.